The summed E-state index contributed by atoms with van der Waals surface area (Å²) in [5, 5.41) is 10.2. The van der Waals surface area contributed by atoms with Crippen molar-refractivity contribution in [2.45, 2.75) is 38.8 Å². The minimum absolute atomic E-state index is 0.125. The van der Waals surface area contributed by atoms with Crippen LogP contribution in [0.5, 0.6) is 0 Å². The highest BCUT2D eigenvalue weighted by atomic mass is 16.7. The SMILES string of the molecule is CN([N+](=O)NOC1CCN(C#N)C1)C(C)(C)C. The second kappa shape index (κ2) is 5.19. The van der Waals surface area contributed by atoms with E-state index in [1.165, 1.54) is 5.01 Å². The number of nitriles is 1. The molecule has 0 aromatic rings. The van der Waals surface area contributed by atoms with E-state index in [2.05, 4.69) is 11.8 Å². The van der Waals surface area contributed by atoms with Crippen molar-refractivity contribution in [1.82, 2.24) is 15.5 Å². The number of hydrogen-bond acceptors (Lipinski definition) is 4. The van der Waals surface area contributed by atoms with Gasteiger partial charge in [0.05, 0.1) is 24.0 Å². The molecule has 1 rings (SSSR count). The summed E-state index contributed by atoms with van der Waals surface area (Å²) in [6.45, 7) is 6.97. The molecule has 1 aliphatic heterocycles. The summed E-state index contributed by atoms with van der Waals surface area (Å²) in [7, 11) is 1.68. The fourth-order valence-corrected chi connectivity index (χ4v) is 1.37. The highest BCUT2D eigenvalue weighted by molar-refractivity contribution is 4.84. The van der Waals surface area contributed by atoms with Gasteiger partial charge in [-0.2, -0.15) is 5.26 Å². The molecule has 0 radical (unpaired) electrons. The molecule has 0 amide bonds. The fourth-order valence-electron chi connectivity index (χ4n) is 1.37. The zero-order valence-electron chi connectivity index (χ0n) is 10.8. The van der Waals surface area contributed by atoms with E-state index < -0.39 is 0 Å². The normalized spacial score (nSPS) is 19.9. The molecule has 0 aromatic heterocycles. The molecule has 7 nitrogen and oxygen atoms in total. The highest BCUT2D eigenvalue weighted by Crippen LogP contribution is 2.11. The van der Waals surface area contributed by atoms with Crippen LogP contribution in [0.1, 0.15) is 27.2 Å². The number of nitrogens with zero attached hydrogens (tertiary/aromatic N) is 4. The van der Waals surface area contributed by atoms with Gasteiger partial charge in [-0.3, -0.25) is 0 Å². The van der Waals surface area contributed by atoms with Crippen molar-refractivity contribution >= 4 is 0 Å². The smallest absolute Gasteiger partial charge is 0.274 e. The lowest BCUT2D eigenvalue weighted by Crippen LogP contribution is -2.50. The molecule has 1 N–H and O–H groups in total. The molecule has 1 heterocycles. The van der Waals surface area contributed by atoms with Gasteiger partial charge in [-0.05, 0) is 27.2 Å². The Balaban J connectivity index is 2.33. The molecule has 17 heavy (non-hydrogen) atoms. The molecular formula is C10H20N5O2+. The van der Waals surface area contributed by atoms with Crippen molar-refractivity contribution in [2.24, 2.45) is 0 Å². The van der Waals surface area contributed by atoms with Gasteiger partial charge in [0.15, 0.2) is 6.19 Å². The van der Waals surface area contributed by atoms with Crippen LogP contribution < -0.4 is 5.59 Å². The number of nitrogens with one attached hydrogen (secondary N) is 1. The summed E-state index contributed by atoms with van der Waals surface area (Å²) in [5.74, 6) is 0. The number of hydrogen-bond donors (Lipinski definition) is 1. The van der Waals surface area contributed by atoms with Gasteiger partial charge in [-0.1, -0.05) is 0 Å². The molecule has 0 saturated carbocycles. The first-order chi connectivity index (χ1) is 7.84. The molecule has 0 bridgehead atoms. The average molecular weight is 242 g/mol. The van der Waals surface area contributed by atoms with Crippen molar-refractivity contribution in [3.05, 3.63) is 4.91 Å². The molecule has 0 spiro atoms. The molecule has 1 aliphatic rings. The van der Waals surface area contributed by atoms with Crippen LogP contribution in [0.25, 0.3) is 0 Å². The Morgan fingerprint density at radius 1 is 1.59 bits per heavy atom. The van der Waals surface area contributed by atoms with Gasteiger partial charge in [0, 0.05) is 12.1 Å². The van der Waals surface area contributed by atoms with E-state index in [0.717, 1.165) is 6.42 Å². The van der Waals surface area contributed by atoms with E-state index in [1.807, 2.05) is 20.8 Å². The van der Waals surface area contributed by atoms with Crippen molar-refractivity contribution in [3.8, 4) is 6.19 Å². The van der Waals surface area contributed by atoms with Gasteiger partial charge in [-0.25, -0.2) is 4.84 Å². The van der Waals surface area contributed by atoms with Gasteiger partial charge in [0.1, 0.15) is 6.10 Å². The summed E-state index contributed by atoms with van der Waals surface area (Å²) in [4.78, 5) is 19.0. The Labute approximate surface area is 101 Å². The zero-order chi connectivity index (χ0) is 13.1. The lowest BCUT2D eigenvalue weighted by atomic mass is 10.1. The summed E-state index contributed by atoms with van der Waals surface area (Å²) < 4.78 is 0. The van der Waals surface area contributed by atoms with E-state index >= 15 is 0 Å². The predicted molar refractivity (Wildman–Crippen MR) is 61.0 cm³/mol. The fraction of sp³-hybridized carbons (Fsp3) is 0.900. The minimum Gasteiger partial charge on any atom is -0.308 e. The summed E-state index contributed by atoms with van der Waals surface area (Å²) in [5.41, 5.74) is 2.06. The lowest BCUT2D eigenvalue weighted by molar-refractivity contribution is -0.797. The van der Waals surface area contributed by atoms with Crippen LogP contribution in [0.15, 0.2) is 0 Å². The van der Waals surface area contributed by atoms with Gasteiger partial charge in [0.2, 0.25) is 0 Å². The first kappa shape index (κ1) is 13.5. The molecule has 0 aromatic carbocycles. The minimum atomic E-state index is -0.285. The van der Waals surface area contributed by atoms with E-state index in [-0.39, 0.29) is 11.6 Å². The third-order valence-electron chi connectivity index (χ3n) is 2.83. The number of rotatable bonds is 4. The third-order valence-corrected chi connectivity index (χ3v) is 2.83. The predicted octanol–water partition coefficient (Wildman–Crippen LogP) is 0.402. The quantitative estimate of drug-likeness (QED) is 0.437. The summed E-state index contributed by atoms with van der Waals surface area (Å²) >= 11 is 0. The van der Waals surface area contributed by atoms with Gasteiger partial charge < -0.3 is 4.90 Å². The molecular weight excluding hydrogens is 222 g/mol. The number of nitroso groups, excluding NO2 is 1. The van der Waals surface area contributed by atoms with Crippen LogP contribution >= 0.6 is 0 Å². The van der Waals surface area contributed by atoms with E-state index in [4.69, 9.17) is 10.1 Å². The van der Waals surface area contributed by atoms with Crippen molar-refractivity contribution in [2.75, 3.05) is 20.1 Å². The van der Waals surface area contributed by atoms with Crippen LogP contribution in [0.2, 0.25) is 0 Å². The standard InChI is InChI=1S/C10H20N5O2/c1-10(2,3)13(4)15(16)12-17-9-5-6-14(7-9)8-11/h9H,5-7H2,1-4H3,(H,12,16)/q+1. The Kier molecular flexibility index (Phi) is 4.12. The van der Waals surface area contributed by atoms with Crippen LogP contribution in [0.4, 0.5) is 0 Å². The zero-order valence-corrected chi connectivity index (χ0v) is 10.8. The Hall–Kier alpha value is -1.55. The first-order valence-electron chi connectivity index (χ1n) is 5.61. The maximum absolute atomic E-state index is 11.6. The molecule has 1 unspecified atom stereocenters. The van der Waals surface area contributed by atoms with Crippen LogP contribution in [0.3, 0.4) is 0 Å². The van der Waals surface area contributed by atoms with Crippen molar-refractivity contribution in [3.63, 3.8) is 0 Å². The number of hydrazine groups is 2. The maximum Gasteiger partial charge on any atom is 0.274 e. The lowest BCUT2D eigenvalue weighted by Gasteiger charge is -2.23. The Morgan fingerprint density at radius 2 is 2.24 bits per heavy atom. The van der Waals surface area contributed by atoms with Gasteiger partial charge >= 0.3 is 0 Å². The number of likely N-dealkylation sites (tertiary alicyclic amines) is 1. The monoisotopic (exact) mass is 242 g/mol. The molecule has 1 atom stereocenters. The Morgan fingerprint density at radius 3 is 2.71 bits per heavy atom. The molecule has 1 saturated heterocycles. The second-order valence-corrected chi connectivity index (χ2v) is 5.13. The topological polar surface area (TPSA) is 71.6 Å². The highest BCUT2D eigenvalue weighted by Gasteiger charge is 2.31. The summed E-state index contributed by atoms with van der Waals surface area (Å²) in [6.07, 6.45) is 2.67. The van der Waals surface area contributed by atoms with Crippen molar-refractivity contribution in [1.29, 1.82) is 5.26 Å². The summed E-state index contributed by atoms with van der Waals surface area (Å²) in [6, 6.07) is 0. The average Bonchev–Trinajstić information content (AvgIpc) is 2.71. The second-order valence-electron chi connectivity index (χ2n) is 5.13. The largest absolute Gasteiger partial charge is 0.308 e. The van der Waals surface area contributed by atoms with Crippen LogP contribution in [-0.2, 0) is 4.84 Å². The van der Waals surface area contributed by atoms with E-state index in [9.17, 15) is 4.91 Å². The van der Waals surface area contributed by atoms with Crippen LogP contribution in [0, 0.1) is 16.4 Å². The first-order valence-corrected chi connectivity index (χ1v) is 5.61. The molecule has 96 valence electrons. The molecule has 7 heteroatoms. The van der Waals surface area contributed by atoms with Crippen LogP contribution in [-0.4, -0.2) is 46.7 Å². The molecule has 0 aliphatic carbocycles. The van der Waals surface area contributed by atoms with Gasteiger partial charge in [0.25, 0.3) is 4.98 Å². The van der Waals surface area contributed by atoms with E-state index in [0.29, 0.717) is 18.1 Å². The third kappa shape index (κ3) is 3.75. The van der Waals surface area contributed by atoms with Crippen molar-refractivity contribution < 1.29 is 9.82 Å². The maximum atomic E-state index is 11.6. The van der Waals surface area contributed by atoms with E-state index in [1.54, 1.807) is 11.9 Å². The van der Waals surface area contributed by atoms with Gasteiger partial charge in [-0.15, -0.1) is 5.01 Å². The Bertz CT molecular complexity index is 320. The molecule has 1 fully saturated rings.